The number of Topliss-reactive ketones (excluding diaryl/α,β-unsaturated/α-hetero) is 1. The van der Waals surface area contributed by atoms with Crippen LogP contribution in [0.15, 0.2) is 42.5 Å². The second kappa shape index (κ2) is 8.02. The lowest BCUT2D eigenvalue weighted by Gasteiger charge is -2.33. The number of aliphatic hydroxyl groups excluding tert-OH is 1. The number of halogens is 10. The van der Waals surface area contributed by atoms with Gasteiger partial charge in [-0.2, -0.15) is 39.5 Å². The van der Waals surface area contributed by atoms with Crippen LogP contribution >= 0.6 is 0 Å². The van der Waals surface area contributed by atoms with Gasteiger partial charge in [0, 0.05) is 11.1 Å². The van der Waals surface area contributed by atoms with Crippen LogP contribution in [0.3, 0.4) is 0 Å². The molecule has 0 aliphatic carbocycles. The van der Waals surface area contributed by atoms with Crippen LogP contribution in [-0.2, 0) is 5.92 Å². The smallest absolute Gasteiger partial charge is 0.454 e. The molecule has 1 N–H and O–H groups in total. The Morgan fingerprint density at radius 2 is 1.39 bits per heavy atom. The van der Waals surface area contributed by atoms with Crippen LogP contribution in [0.2, 0.25) is 0 Å². The number of hydrogen-bond acceptors (Lipinski definition) is 3. The van der Waals surface area contributed by atoms with Gasteiger partial charge in [0.25, 0.3) is 0 Å². The van der Waals surface area contributed by atoms with Gasteiger partial charge in [-0.05, 0) is 42.5 Å². The zero-order valence-electron chi connectivity index (χ0n) is 14.8. The molecular formula is C18H10F10O3. The highest BCUT2D eigenvalue weighted by molar-refractivity contribution is 5.97. The van der Waals surface area contributed by atoms with Crippen molar-refractivity contribution in [1.29, 1.82) is 0 Å². The first-order valence-electron chi connectivity index (χ1n) is 7.98. The van der Waals surface area contributed by atoms with Crippen molar-refractivity contribution in [2.45, 2.75) is 23.9 Å². The Balaban J connectivity index is 2.30. The molecule has 2 aromatic rings. The molecule has 0 bridgehead atoms. The number of hydrogen-bond donors (Lipinski definition) is 1. The second-order valence-electron chi connectivity index (χ2n) is 6.07. The number of rotatable bonds is 7. The van der Waals surface area contributed by atoms with Gasteiger partial charge in [-0.15, -0.1) is 0 Å². The summed E-state index contributed by atoms with van der Waals surface area (Å²) in [6.45, 7) is -0.909. The summed E-state index contributed by atoms with van der Waals surface area (Å²) in [5.74, 6) is -22.8. The number of carbonyl (C=O) groups is 1. The molecule has 0 heterocycles. The summed E-state index contributed by atoms with van der Waals surface area (Å²) in [4.78, 5) is 11.3. The van der Waals surface area contributed by atoms with Crippen molar-refractivity contribution in [2.24, 2.45) is 0 Å². The summed E-state index contributed by atoms with van der Waals surface area (Å²) < 4.78 is 136. The van der Waals surface area contributed by atoms with E-state index in [9.17, 15) is 48.7 Å². The number of aliphatic hydroxyl groups is 1. The maximum atomic E-state index is 13.9. The number of benzene rings is 2. The van der Waals surface area contributed by atoms with E-state index in [2.05, 4.69) is 0 Å². The molecule has 0 fully saturated rings. The van der Waals surface area contributed by atoms with Crippen molar-refractivity contribution < 1.29 is 58.5 Å². The predicted octanol–water partition coefficient (Wildman–Crippen LogP) is 5.72. The number of ether oxygens (including phenoxy) is 1. The molecule has 3 nitrogen and oxygen atoms in total. The van der Waals surface area contributed by atoms with Crippen LogP contribution in [0.1, 0.15) is 15.9 Å². The van der Waals surface area contributed by atoms with E-state index in [0.29, 0.717) is 18.2 Å². The van der Waals surface area contributed by atoms with E-state index in [0.717, 1.165) is 12.1 Å². The molecule has 0 unspecified atom stereocenters. The highest BCUT2D eigenvalue weighted by Crippen LogP contribution is 2.56. The standard InChI is InChI=1S/C18H10F10O3/c19-12-7-9(13(30)8-29)1-6-14(12)31-11-4-2-10(3-5-11)15(20,21)16(22,23)17(24,25)18(26,27)28/h1-7,29H,8H2. The maximum Gasteiger partial charge on any atom is 0.460 e. The fourth-order valence-electron chi connectivity index (χ4n) is 2.26. The summed E-state index contributed by atoms with van der Waals surface area (Å²) in [5.41, 5.74) is -2.10. The summed E-state index contributed by atoms with van der Waals surface area (Å²) in [6.07, 6.45) is -6.94. The minimum absolute atomic E-state index is 0.108. The molecule has 0 aliphatic rings. The summed E-state index contributed by atoms with van der Waals surface area (Å²) in [6, 6.07) is 3.87. The highest BCUT2D eigenvalue weighted by Gasteiger charge is 2.82. The Bertz CT molecular complexity index is 952. The van der Waals surface area contributed by atoms with Gasteiger partial charge in [0.15, 0.2) is 17.3 Å². The number of carbonyl (C=O) groups excluding carboxylic acids is 1. The molecule has 0 aromatic heterocycles. The average molecular weight is 464 g/mol. The molecule has 0 radical (unpaired) electrons. The van der Waals surface area contributed by atoms with Gasteiger partial charge in [0.05, 0.1) is 0 Å². The zero-order valence-corrected chi connectivity index (χ0v) is 14.8. The Hall–Kier alpha value is -2.83. The normalized spacial score (nSPS) is 13.3. The molecule has 2 rings (SSSR count). The van der Waals surface area contributed by atoms with E-state index in [1.165, 1.54) is 0 Å². The van der Waals surface area contributed by atoms with Crippen molar-refractivity contribution in [3.8, 4) is 11.5 Å². The molecule has 0 saturated heterocycles. The first-order chi connectivity index (χ1) is 14.1. The lowest BCUT2D eigenvalue weighted by molar-refractivity contribution is -0.399. The molecule has 0 amide bonds. The largest absolute Gasteiger partial charge is 0.460 e. The Labute approximate surface area is 166 Å². The lowest BCUT2D eigenvalue weighted by atomic mass is 9.97. The Kier molecular flexibility index (Phi) is 6.32. The molecular weight excluding hydrogens is 454 g/mol. The number of alkyl halides is 9. The minimum Gasteiger partial charge on any atom is -0.454 e. The van der Waals surface area contributed by atoms with Crippen molar-refractivity contribution in [1.82, 2.24) is 0 Å². The third-order valence-corrected chi connectivity index (χ3v) is 3.99. The van der Waals surface area contributed by atoms with Crippen LogP contribution in [0.5, 0.6) is 11.5 Å². The van der Waals surface area contributed by atoms with E-state index in [1.807, 2.05) is 0 Å². The van der Waals surface area contributed by atoms with Gasteiger partial charge >= 0.3 is 23.9 Å². The fourth-order valence-corrected chi connectivity index (χ4v) is 2.26. The fraction of sp³-hybridized carbons (Fsp3) is 0.278. The molecule has 0 spiro atoms. The van der Waals surface area contributed by atoms with E-state index < -0.39 is 59.2 Å². The van der Waals surface area contributed by atoms with Crippen molar-refractivity contribution in [2.75, 3.05) is 6.61 Å². The zero-order chi connectivity index (χ0) is 23.8. The summed E-state index contributed by atoms with van der Waals surface area (Å²) in [7, 11) is 0. The number of ketones is 1. The summed E-state index contributed by atoms with van der Waals surface area (Å²) in [5, 5.41) is 8.70. The van der Waals surface area contributed by atoms with Crippen LogP contribution in [0, 0.1) is 5.82 Å². The molecule has 0 atom stereocenters. The Morgan fingerprint density at radius 1 is 0.839 bits per heavy atom. The van der Waals surface area contributed by atoms with Gasteiger partial charge in [0.2, 0.25) is 0 Å². The van der Waals surface area contributed by atoms with Gasteiger partial charge in [-0.3, -0.25) is 4.79 Å². The maximum absolute atomic E-state index is 13.9. The van der Waals surface area contributed by atoms with Gasteiger partial charge in [-0.1, -0.05) is 0 Å². The van der Waals surface area contributed by atoms with Crippen LogP contribution in [0.4, 0.5) is 43.9 Å². The van der Waals surface area contributed by atoms with Crippen molar-refractivity contribution >= 4 is 5.78 Å². The molecule has 31 heavy (non-hydrogen) atoms. The van der Waals surface area contributed by atoms with Gasteiger partial charge in [0.1, 0.15) is 12.4 Å². The molecule has 170 valence electrons. The van der Waals surface area contributed by atoms with E-state index >= 15 is 0 Å². The first-order valence-corrected chi connectivity index (χ1v) is 7.98. The SMILES string of the molecule is O=C(CO)c1ccc(Oc2ccc(C(F)(F)C(F)(F)C(F)(F)C(F)(F)F)cc2)c(F)c1. The van der Waals surface area contributed by atoms with Gasteiger partial charge in [-0.25, -0.2) is 4.39 Å². The topological polar surface area (TPSA) is 46.5 Å². The first kappa shape index (κ1) is 24.4. The summed E-state index contributed by atoms with van der Waals surface area (Å²) >= 11 is 0. The van der Waals surface area contributed by atoms with E-state index in [4.69, 9.17) is 9.84 Å². The third kappa shape index (κ3) is 4.31. The van der Waals surface area contributed by atoms with Gasteiger partial charge < -0.3 is 9.84 Å². The minimum atomic E-state index is -7.03. The lowest BCUT2D eigenvalue weighted by Crippen LogP contribution is -2.59. The van der Waals surface area contributed by atoms with Crippen molar-refractivity contribution in [3.63, 3.8) is 0 Å². The van der Waals surface area contributed by atoms with Crippen LogP contribution < -0.4 is 4.74 Å². The van der Waals surface area contributed by atoms with E-state index in [1.54, 1.807) is 0 Å². The van der Waals surface area contributed by atoms with Crippen LogP contribution in [0.25, 0.3) is 0 Å². The Morgan fingerprint density at radius 3 is 1.84 bits per heavy atom. The highest BCUT2D eigenvalue weighted by atomic mass is 19.4. The monoisotopic (exact) mass is 464 g/mol. The average Bonchev–Trinajstić information content (AvgIpc) is 2.68. The van der Waals surface area contributed by atoms with Crippen LogP contribution in [-0.4, -0.2) is 35.5 Å². The molecule has 0 saturated carbocycles. The predicted molar refractivity (Wildman–Crippen MR) is 84.2 cm³/mol. The molecule has 13 heteroatoms. The second-order valence-corrected chi connectivity index (χ2v) is 6.07. The quantitative estimate of drug-likeness (QED) is 0.422. The molecule has 2 aromatic carbocycles. The molecule has 0 aliphatic heterocycles. The van der Waals surface area contributed by atoms with E-state index in [-0.39, 0.29) is 17.7 Å². The third-order valence-electron chi connectivity index (χ3n) is 3.99. The van der Waals surface area contributed by atoms with Crippen molar-refractivity contribution in [3.05, 3.63) is 59.4 Å².